The fourth-order valence-electron chi connectivity index (χ4n) is 1.85. The number of nitrogens with zero attached hydrogens (tertiary/aromatic N) is 1. The zero-order chi connectivity index (χ0) is 14.7. The first-order chi connectivity index (χ1) is 9.52. The van der Waals surface area contributed by atoms with Crippen molar-refractivity contribution in [3.05, 3.63) is 53.1 Å². The van der Waals surface area contributed by atoms with Crippen molar-refractivity contribution in [3.63, 3.8) is 0 Å². The zero-order valence-corrected chi connectivity index (χ0v) is 11.9. The van der Waals surface area contributed by atoms with Crippen molar-refractivity contribution < 1.29 is 14.6 Å². The van der Waals surface area contributed by atoms with Gasteiger partial charge in [0.05, 0.1) is 12.7 Å². The predicted molar refractivity (Wildman–Crippen MR) is 78.8 cm³/mol. The molecule has 0 radical (unpaired) electrons. The molecule has 0 saturated carbocycles. The zero-order valence-electron chi connectivity index (χ0n) is 11.1. The molecule has 0 bridgehead atoms. The van der Waals surface area contributed by atoms with Crippen LogP contribution >= 0.6 is 11.6 Å². The highest BCUT2D eigenvalue weighted by atomic mass is 35.5. The summed E-state index contributed by atoms with van der Waals surface area (Å²) in [6.45, 7) is 0. The monoisotopic (exact) mass is 291 g/mol. The Labute approximate surface area is 122 Å². The quantitative estimate of drug-likeness (QED) is 0.943. The molecule has 0 aromatic heterocycles. The number of aromatic hydroxyl groups is 1. The van der Waals surface area contributed by atoms with Crippen LogP contribution in [-0.4, -0.2) is 25.2 Å². The largest absolute Gasteiger partial charge is 0.508 e. The van der Waals surface area contributed by atoms with E-state index in [1.807, 2.05) is 0 Å². The van der Waals surface area contributed by atoms with E-state index in [0.29, 0.717) is 22.0 Å². The van der Waals surface area contributed by atoms with Gasteiger partial charge in [-0.15, -0.1) is 0 Å². The number of benzene rings is 2. The number of rotatable bonds is 3. The van der Waals surface area contributed by atoms with E-state index in [-0.39, 0.29) is 11.7 Å². The Morgan fingerprint density at radius 1 is 1.25 bits per heavy atom. The molecule has 0 aliphatic carbocycles. The van der Waals surface area contributed by atoms with Gasteiger partial charge in [0.15, 0.2) is 0 Å². The van der Waals surface area contributed by atoms with Gasteiger partial charge in [-0.25, -0.2) is 0 Å². The lowest BCUT2D eigenvalue weighted by atomic mass is 10.1. The molecule has 1 amide bonds. The number of hydrogen-bond donors (Lipinski definition) is 1. The summed E-state index contributed by atoms with van der Waals surface area (Å²) in [6.07, 6.45) is 0. The van der Waals surface area contributed by atoms with Crippen LogP contribution in [0.25, 0.3) is 0 Å². The Bertz CT molecular complexity index is 643. The summed E-state index contributed by atoms with van der Waals surface area (Å²) in [5.41, 5.74) is 0.947. The van der Waals surface area contributed by atoms with Crippen LogP contribution in [0.5, 0.6) is 11.5 Å². The van der Waals surface area contributed by atoms with Crippen LogP contribution in [0.3, 0.4) is 0 Å². The highest BCUT2D eigenvalue weighted by Crippen LogP contribution is 2.26. The van der Waals surface area contributed by atoms with Gasteiger partial charge in [-0.1, -0.05) is 17.7 Å². The Morgan fingerprint density at radius 3 is 2.65 bits per heavy atom. The van der Waals surface area contributed by atoms with Crippen molar-refractivity contribution in [3.8, 4) is 11.5 Å². The summed E-state index contributed by atoms with van der Waals surface area (Å²) >= 11 is 5.93. The van der Waals surface area contributed by atoms with E-state index in [2.05, 4.69) is 0 Å². The van der Waals surface area contributed by atoms with Crippen LogP contribution in [0.2, 0.25) is 5.02 Å². The number of halogens is 1. The fraction of sp³-hybridized carbons (Fsp3) is 0.133. The SMILES string of the molecule is COc1ccc(Cl)cc1C(=O)N(C)c1cccc(O)c1. The highest BCUT2D eigenvalue weighted by molar-refractivity contribution is 6.31. The molecule has 104 valence electrons. The number of carbonyl (C=O) groups excluding carboxylic acids is 1. The second-order valence-electron chi connectivity index (χ2n) is 4.23. The lowest BCUT2D eigenvalue weighted by Gasteiger charge is -2.19. The van der Waals surface area contributed by atoms with Crippen LogP contribution in [-0.2, 0) is 0 Å². The molecule has 0 saturated heterocycles. The summed E-state index contributed by atoms with van der Waals surface area (Å²) in [5, 5.41) is 9.93. The molecule has 0 unspecified atom stereocenters. The van der Waals surface area contributed by atoms with E-state index in [1.54, 1.807) is 43.4 Å². The highest BCUT2D eigenvalue weighted by Gasteiger charge is 2.18. The number of amides is 1. The molecule has 1 N–H and O–H groups in total. The third kappa shape index (κ3) is 2.86. The summed E-state index contributed by atoms with van der Waals surface area (Å²) in [7, 11) is 3.12. The normalized spacial score (nSPS) is 10.2. The standard InChI is InChI=1S/C15H14ClNO3/c1-17(11-4-3-5-12(18)9-11)15(19)13-8-10(16)6-7-14(13)20-2/h3-9,18H,1-2H3. The molecule has 0 atom stereocenters. The van der Waals surface area contributed by atoms with Crippen molar-refractivity contribution in [1.29, 1.82) is 0 Å². The third-order valence-electron chi connectivity index (χ3n) is 2.91. The van der Waals surface area contributed by atoms with E-state index in [1.165, 1.54) is 18.1 Å². The smallest absolute Gasteiger partial charge is 0.261 e. The molecular formula is C15H14ClNO3. The summed E-state index contributed by atoms with van der Waals surface area (Å²) < 4.78 is 5.18. The average molecular weight is 292 g/mol. The molecule has 2 rings (SSSR count). The first-order valence-corrected chi connectivity index (χ1v) is 6.31. The second kappa shape index (κ2) is 5.84. The van der Waals surface area contributed by atoms with Crippen molar-refractivity contribution in [2.24, 2.45) is 0 Å². The number of hydrogen-bond acceptors (Lipinski definition) is 3. The first kappa shape index (κ1) is 14.2. The van der Waals surface area contributed by atoms with Crippen molar-refractivity contribution >= 4 is 23.2 Å². The minimum Gasteiger partial charge on any atom is -0.508 e. The van der Waals surface area contributed by atoms with E-state index in [4.69, 9.17) is 16.3 Å². The lowest BCUT2D eigenvalue weighted by molar-refractivity contribution is 0.0990. The summed E-state index contributed by atoms with van der Waals surface area (Å²) in [6, 6.07) is 11.3. The maximum absolute atomic E-state index is 12.5. The molecule has 4 nitrogen and oxygen atoms in total. The summed E-state index contributed by atoms with van der Waals surface area (Å²) in [5.74, 6) is 0.279. The molecule has 2 aromatic carbocycles. The minimum atomic E-state index is -0.269. The van der Waals surface area contributed by atoms with Gasteiger partial charge >= 0.3 is 0 Å². The van der Waals surface area contributed by atoms with E-state index >= 15 is 0 Å². The molecule has 0 aliphatic heterocycles. The topological polar surface area (TPSA) is 49.8 Å². The van der Waals surface area contributed by atoms with Crippen LogP contribution in [0, 0.1) is 0 Å². The number of phenols is 1. The maximum Gasteiger partial charge on any atom is 0.261 e. The van der Waals surface area contributed by atoms with Crippen LogP contribution in [0.4, 0.5) is 5.69 Å². The molecular weight excluding hydrogens is 278 g/mol. The number of phenolic OH excluding ortho intramolecular Hbond substituents is 1. The molecule has 0 heterocycles. The molecule has 0 fully saturated rings. The Morgan fingerprint density at radius 2 is 2.00 bits per heavy atom. The van der Waals surface area contributed by atoms with Crippen molar-refractivity contribution in [2.75, 3.05) is 19.1 Å². The van der Waals surface area contributed by atoms with Gasteiger partial charge < -0.3 is 14.7 Å². The van der Waals surface area contributed by atoms with Crippen LogP contribution in [0.15, 0.2) is 42.5 Å². The Kier molecular flexibility index (Phi) is 4.15. The van der Waals surface area contributed by atoms with Crippen LogP contribution < -0.4 is 9.64 Å². The maximum atomic E-state index is 12.5. The lowest BCUT2D eigenvalue weighted by Crippen LogP contribution is -2.26. The fourth-order valence-corrected chi connectivity index (χ4v) is 2.02. The second-order valence-corrected chi connectivity index (χ2v) is 4.67. The van der Waals surface area contributed by atoms with Gasteiger partial charge in [-0.05, 0) is 30.3 Å². The number of carbonyl (C=O) groups is 1. The van der Waals surface area contributed by atoms with Gasteiger partial charge in [0.1, 0.15) is 11.5 Å². The number of anilines is 1. The van der Waals surface area contributed by atoms with Crippen molar-refractivity contribution in [2.45, 2.75) is 0 Å². The molecule has 0 spiro atoms. The van der Waals surface area contributed by atoms with Gasteiger partial charge in [0.25, 0.3) is 5.91 Å². The van der Waals surface area contributed by atoms with Gasteiger partial charge in [-0.3, -0.25) is 4.79 Å². The van der Waals surface area contributed by atoms with Crippen LogP contribution in [0.1, 0.15) is 10.4 Å². The summed E-state index contributed by atoms with van der Waals surface area (Å²) in [4.78, 5) is 13.9. The minimum absolute atomic E-state index is 0.0974. The Hall–Kier alpha value is -2.20. The number of methoxy groups -OCH3 is 1. The molecule has 0 aliphatic rings. The molecule has 20 heavy (non-hydrogen) atoms. The van der Waals surface area contributed by atoms with Gasteiger partial charge in [0.2, 0.25) is 0 Å². The van der Waals surface area contributed by atoms with E-state index < -0.39 is 0 Å². The first-order valence-electron chi connectivity index (χ1n) is 5.93. The predicted octanol–water partition coefficient (Wildman–Crippen LogP) is 3.33. The van der Waals surface area contributed by atoms with Crippen molar-refractivity contribution in [1.82, 2.24) is 0 Å². The number of ether oxygens (including phenoxy) is 1. The third-order valence-corrected chi connectivity index (χ3v) is 3.15. The van der Waals surface area contributed by atoms with E-state index in [0.717, 1.165) is 0 Å². The average Bonchev–Trinajstić information content (AvgIpc) is 2.45. The molecule has 2 aromatic rings. The Balaban J connectivity index is 2.38. The molecule has 5 heteroatoms. The van der Waals surface area contributed by atoms with Gasteiger partial charge in [0, 0.05) is 23.8 Å². The van der Waals surface area contributed by atoms with Gasteiger partial charge in [-0.2, -0.15) is 0 Å². The van der Waals surface area contributed by atoms with E-state index in [9.17, 15) is 9.90 Å².